The number of rotatable bonds is 8. The highest BCUT2D eigenvalue weighted by atomic mass is 14.8. The van der Waals surface area contributed by atoms with E-state index in [0.29, 0.717) is 0 Å². The molecule has 0 atom stereocenters. The van der Waals surface area contributed by atoms with Crippen LogP contribution in [0.2, 0.25) is 0 Å². The minimum Gasteiger partial charge on any atom is -0.317 e. The molecule has 0 aromatic rings. The van der Waals surface area contributed by atoms with Crippen molar-refractivity contribution in [1.29, 1.82) is 0 Å². The van der Waals surface area contributed by atoms with Crippen LogP contribution < -0.4 is 5.32 Å². The van der Waals surface area contributed by atoms with E-state index in [2.05, 4.69) is 25.7 Å². The summed E-state index contributed by atoms with van der Waals surface area (Å²) in [6, 6.07) is 0. The molecule has 1 N–H and O–H groups in total. The van der Waals surface area contributed by atoms with Gasteiger partial charge >= 0.3 is 0 Å². The molecule has 0 aromatic heterocycles. The maximum atomic E-state index is 3.89. The first-order valence-electron chi connectivity index (χ1n) is 6.12. The van der Waals surface area contributed by atoms with E-state index in [9.17, 15) is 0 Å². The van der Waals surface area contributed by atoms with Crippen molar-refractivity contribution >= 4 is 0 Å². The van der Waals surface area contributed by atoms with Crippen molar-refractivity contribution in [3.8, 4) is 0 Å². The fourth-order valence-corrected chi connectivity index (χ4v) is 1.21. The highest BCUT2D eigenvalue weighted by Crippen LogP contribution is 2.06. The Kier molecular flexibility index (Phi) is 17.5. The Morgan fingerprint density at radius 3 is 2.14 bits per heavy atom. The molecule has 0 heterocycles. The third-order valence-electron chi connectivity index (χ3n) is 1.96. The van der Waals surface area contributed by atoms with Crippen molar-refractivity contribution in [2.24, 2.45) is 0 Å². The summed E-state index contributed by atoms with van der Waals surface area (Å²) in [5.41, 5.74) is 1.32. The maximum Gasteiger partial charge on any atom is -0.00490 e. The van der Waals surface area contributed by atoms with Crippen LogP contribution in [-0.4, -0.2) is 13.1 Å². The van der Waals surface area contributed by atoms with Crippen molar-refractivity contribution in [1.82, 2.24) is 5.32 Å². The molecule has 0 spiro atoms. The largest absolute Gasteiger partial charge is 0.317 e. The van der Waals surface area contributed by atoms with E-state index in [4.69, 9.17) is 0 Å². The Morgan fingerprint density at radius 1 is 1.07 bits per heavy atom. The second kappa shape index (κ2) is 15.2. The van der Waals surface area contributed by atoms with Gasteiger partial charge in [-0.05, 0) is 39.3 Å². The van der Waals surface area contributed by atoms with E-state index in [-0.39, 0.29) is 0 Å². The first kappa shape index (κ1) is 16.1. The van der Waals surface area contributed by atoms with Crippen LogP contribution in [0.5, 0.6) is 0 Å². The summed E-state index contributed by atoms with van der Waals surface area (Å²) in [6.45, 7) is 14.4. The molecule has 0 aliphatic rings. The molecule has 14 heavy (non-hydrogen) atoms. The highest BCUT2D eigenvalue weighted by Gasteiger charge is 1.90. The van der Waals surface area contributed by atoms with Crippen LogP contribution in [0.3, 0.4) is 0 Å². The van der Waals surface area contributed by atoms with Gasteiger partial charge in [0.15, 0.2) is 0 Å². The zero-order chi connectivity index (χ0) is 11.2. The molecular formula is C13H29N. The maximum absolute atomic E-state index is 3.89. The van der Waals surface area contributed by atoms with Crippen molar-refractivity contribution in [2.75, 3.05) is 13.1 Å². The number of nitrogens with one attached hydrogen (secondary N) is 1. The third-order valence-corrected chi connectivity index (χ3v) is 1.96. The molecule has 0 aromatic carbocycles. The Bertz CT molecular complexity index is 108. The zero-order valence-electron chi connectivity index (χ0n) is 10.7. The van der Waals surface area contributed by atoms with Crippen LogP contribution in [0.4, 0.5) is 0 Å². The van der Waals surface area contributed by atoms with Crippen LogP contribution in [0.15, 0.2) is 12.2 Å². The second-order valence-corrected chi connectivity index (χ2v) is 3.47. The van der Waals surface area contributed by atoms with E-state index in [1.54, 1.807) is 0 Å². The van der Waals surface area contributed by atoms with Crippen molar-refractivity contribution < 1.29 is 0 Å². The lowest BCUT2D eigenvalue weighted by Crippen LogP contribution is -2.13. The molecule has 0 unspecified atom stereocenters. The summed E-state index contributed by atoms with van der Waals surface area (Å²) < 4.78 is 0. The van der Waals surface area contributed by atoms with Crippen LogP contribution in [0, 0.1) is 0 Å². The van der Waals surface area contributed by atoms with E-state index in [0.717, 1.165) is 6.54 Å². The van der Waals surface area contributed by atoms with Gasteiger partial charge in [0.1, 0.15) is 0 Å². The molecular weight excluding hydrogens is 170 g/mol. The highest BCUT2D eigenvalue weighted by molar-refractivity contribution is 4.86. The monoisotopic (exact) mass is 199 g/mol. The summed E-state index contributed by atoms with van der Waals surface area (Å²) >= 11 is 0. The van der Waals surface area contributed by atoms with E-state index < -0.39 is 0 Å². The first-order chi connectivity index (χ1) is 6.77. The van der Waals surface area contributed by atoms with E-state index in [1.165, 1.54) is 44.2 Å². The predicted molar refractivity (Wildman–Crippen MR) is 67.8 cm³/mol. The van der Waals surface area contributed by atoms with Gasteiger partial charge in [-0.1, -0.05) is 39.2 Å². The standard InChI is InChI=1S/C11H23N.C2H6/c1-4-12-10-8-6-5-7-9-11(2)3;1-2/h12H,2,4-10H2,1,3H3;1-2H3. The quantitative estimate of drug-likeness (QED) is 0.457. The van der Waals surface area contributed by atoms with Crippen molar-refractivity contribution in [3.63, 3.8) is 0 Å². The molecule has 86 valence electrons. The van der Waals surface area contributed by atoms with Gasteiger partial charge in [-0.2, -0.15) is 0 Å². The van der Waals surface area contributed by atoms with Gasteiger partial charge in [-0.3, -0.25) is 0 Å². The number of unbranched alkanes of at least 4 members (excludes halogenated alkanes) is 3. The van der Waals surface area contributed by atoms with Gasteiger partial charge in [-0.25, -0.2) is 0 Å². The van der Waals surface area contributed by atoms with Crippen LogP contribution in [-0.2, 0) is 0 Å². The molecule has 0 aliphatic carbocycles. The molecule has 0 radical (unpaired) electrons. The summed E-state index contributed by atoms with van der Waals surface area (Å²) in [7, 11) is 0. The topological polar surface area (TPSA) is 12.0 Å². The van der Waals surface area contributed by atoms with Gasteiger partial charge in [0.25, 0.3) is 0 Å². The second-order valence-electron chi connectivity index (χ2n) is 3.47. The summed E-state index contributed by atoms with van der Waals surface area (Å²) in [4.78, 5) is 0. The summed E-state index contributed by atoms with van der Waals surface area (Å²) in [5.74, 6) is 0. The third kappa shape index (κ3) is 17.7. The number of hydrogen-bond acceptors (Lipinski definition) is 1. The molecule has 0 aliphatic heterocycles. The Balaban J connectivity index is 0. The van der Waals surface area contributed by atoms with Gasteiger partial charge in [-0.15, -0.1) is 6.58 Å². The fourth-order valence-electron chi connectivity index (χ4n) is 1.21. The van der Waals surface area contributed by atoms with E-state index >= 15 is 0 Å². The minimum atomic E-state index is 1.10. The van der Waals surface area contributed by atoms with Gasteiger partial charge in [0.05, 0.1) is 0 Å². The average molecular weight is 199 g/mol. The van der Waals surface area contributed by atoms with Crippen LogP contribution in [0.1, 0.15) is 59.8 Å². The van der Waals surface area contributed by atoms with Crippen molar-refractivity contribution in [2.45, 2.75) is 59.8 Å². The first-order valence-corrected chi connectivity index (χ1v) is 6.12. The Morgan fingerprint density at radius 2 is 1.64 bits per heavy atom. The molecule has 0 fully saturated rings. The molecule has 0 saturated carbocycles. The smallest absolute Gasteiger partial charge is 0.00490 e. The lowest BCUT2D eigenvalue weighted by atomic mass is 10.1. The summed E-state index contributed by atoms with van der Waals surface area (Å²) in [6.07, 6.45) is 6.57. The van der Waals surface area contributed by atoms with Gasteiger partial charge < -0.3 is 5.32 Å². The molecule has 0 bridgehead atoms. The van der Waals surface area contributed by atoms with Crippen molar-refractivity contribution in [3.05, 3.63) is 12.2 Å². The zero-order valence-corrected chi connectivity index (χ0v) is 10.7. The number of allylic oxidation sites excluding steroid dienone is 1. The lowest BCUT2D eigenvalue weighted by Gasteiger charge is -2.01. The molecule has 0 saturated heterocycles. The average Bonchev–Trinajstić information content (AvgIpc) is 2.19. The normalized spacial score (nSPS) is 9.14. The SMILES string of the molecule is C=C(C)CCCCCCNCC.CC. The van der Waals surface area contributed by atoms with Gasteiger partial charge in [0.2, 0.25) is 0 Å². The molecule has 1 nitrogen and oxygen atoms in total. The van der Waals surface area contributed by atoms with E-state index in [1.807, 2.05) is 13.8 Å². The fraction of sp³-hybridized carbons (Fsp3) is 0.846. The molecule has 0 amide bonds. The summed E-state index contributed by atoms with van der Waals surface area (Å²) in [5, 5.41) is 3.33. The predicted octanol–water partition coefficient (Wildman–Crippen LogP) is 4.15. The molecule has 0 rings (SSSR count). The lowest BCUT2D eigenvalue weighted by molar-refractivity contribution is 0.597. The van der Waals surface area contributed by atoms with Crippen LogP contribution in [0.25, 0.3) is 0 Å². The number of hydrogen-bond donors (Lipinski definition) is 1. The van der Waals surface area contributed by atoms with Gasteiger partial charge in [0, 0.05) is 0 Å². The minimum absolute atomic E-state index is 1.10. The Hall–Kier alpha value is -0.300. The Labute approximate surface area is 91.0 Å². The van der Waals surface area contributed by atoms with Crippen LogP contribution >= 0.6 is 0 Å². The molecule has 1 heteroatoms.